The molecule has 3 aromatic rings. The van der Waals surface area contributed by atoms with Crippen molar-refractivity contribution < 1.29 is 27.4 Å². The van der Waals surface area contributed by atoms with Crippen molar-refractivity contribution in [3.05, 3.63) is 47.4 Å². The number of pyridine rings is 3. The standard InChI is InChI=1S/C26H33N5O6S/c1-15-16(2)37-25(32)17-7-8-21(31-23(15)17)30-22-11-18-19(12-28-22)24(36-9-6-10-38(5,33)34)29-13-20(18)26(3,27)14-35-4/h7-8,11-13,15-16H,6,9-10,14,27H2,1-5H3,(H,28,30,31)/t15-,16-,26?/m0/s1. The monoisotopic (exact) mass is 543 g/mol. The van der Waals surface area contributed by atoms with Gasteiger partial charge < -0.3 is 25.3 Å². The summed E-state index contributed by atoms with van der Waals surface area (Å²) in [5.74, 6) is 0.957. The van der Waals surface area contributed by atoms with Gasteiger partial charge in [0.1, 0.15) is 27.6 Å². The van der Waals surface area contributed by atoms with Gasteiger partial charge in [-0.15, -0.1) is 0 Å². The first-order valence-electron chi connectivity index (χ1n) is 12.3. The number of aromatic nitrogens is 3. The lowest BCUT2D eigenvalue weighted by molar-refractivity contribution is 0.0235. The van der Waals surface area contributed by atoms with Gasteiger partial charge in [-0.1, -0.05) is 6.92 Å². The first-order chi connectivity index (χ1) is 17.9. The molecule has 0 radical (unpaired) electrons. The lowest BCUT2D eigenvalue weighted by atomic mass is 9.91. The Morgan fingerprint density at radius 3 is 2.63 bits per heavy atom. The minimum absolute atomic E-state index is 0.0208. The maximum atomic E-state index is 12.3. The largest absolute Gasteiger partial charge is 0.477 e. The molecule has 0 aromatic carbocycles. The Morgan fingerprint density at radius 2 is 1.92 bits per heavy atom. The van der Waals surface area contributed by atoms with Crippen molar-refractivity contribution in [2.45, 2.75) is 44.8 Å². The lowest BCUT2D eigenvalue weighted by Crippen LogP contribution is -2.38. The first kappa shape index (κ1) is 27.7. The summed E-state index contributed by atoms with van der Waals surface area (Å²) >= 11 is 0. The van der Waals surface area contributed by atoms with Crippen LogP contribution in [-0.4, -0.2) is 67.8 Å². The summed E-state index contributed by atoms with van der Waals surface area (Å²) in [6.07, 6.45) is 4.52. The van der Waals surface area contributed by atoms with Gasteiger partial charge in [0.2, 0.25) is 5.88 Å². The van der Waals surface area contributed by atoms with Gasteiger partial charge in [-0.05, 0) is 43.9 Å². The zero-order chi connectivity index (χ0) is 27.7. The number of nitrogens with two attached hydrogens (primary N) is 1. The molecule has 12 heteroatoms. The molecule has 0 fully saturated rings. The SMILES string of the molecule is COCC(C)(N)c1cnc(OCCCS(C)(=O)=O)c2cnc(Nc3ccc4c(n3)[C@@H](C)[C@H](C)OC4=O)cc12. The smallest absolute Gasteiger partial charge is 0.340 e. The maximum absolute atomic E-state index is 12.3. The number of carbonyl (C=O) groups is 1. The number of nitrogens with one attached hydrogen (secondary N) is 1. The van der Waals surface area contributed by atoms with Crippen LogP contribution in [0.25, 0.3) is 10.8 Å². The third-order valence-electron chi connectivity index (χ3n) is 6.52. The Balaban J connectivity index is 1.69. The van der Waals surface area contributed by atoms with Crippen LogP contribution in [0, 0.1) is 0 Å². The molecule has 0 saturated carbocycles. The van der Waals surface area contributed by atoms with Crippen LogP contribution < -0.4 is 15.8 Å². The summed E-state index contributed by atoms with van der Waals surface area (Å²) in [6, 6.07) is 5.23. The van der Waals surface area contributed by atoms with Gasteiger partial charge in [-0.2, -0.15) is 0 Å². The van der Waals surface area contributed by atoms with Gasteiger partial charge in [0.25, 0.3) is 0 Å². The highest BCUT2D eigenvalue weighted by Gasteiger charge is 2.31. The second kappa shape index (κ2) is 10.8. The molecule has 3 N–H and O–H groups in total. The van der Waals surface area contributed by atoms with Crippen molar-refractivity contribution in [1.29, 1.82) is 0 Å². The van der Waals surface area contributed by atoms with E-state index in [4.69, 9.17) is 19.9 Å². The Labute approximate surface area is 222 Å². The summed E-state index contributed by atoms with van der Waals surface area (Å²) in [7, 11) is -1.51. The topological polar surface area (TPSA) is 156 Å². The van der Waals surface area contributed by atoms with Gasteiger partial charge in [0.05, 0.1) is 41.1 Å². The fourth-order valence-electron chi connectivity index (χ4n) is 4.37. The molecule has 38 heavy (non-hydrogen) atoms. The number of carbonyl (C=O) groups excluding carboxylic acids is 1. The summed E-state index contributed by atoms with van der Waals surface area (Å²) in [6.45, 7) is 6.10. The number of cyclic esters (lactones) is 1. The van der Waals surface area contributed by atoms with E-state index in [1.807, 2.05) is 26.8 Å². The van der Waals surface area contributed by atoms with E-state index in [9.17, 15) is 13.2 Å². The number of esters is 1. The third kappa shape index (κ3) is 6.03. The number of fused-ring (bicyclic) bond motifs is 2. The van der Waals surface area contributed by atoms with Crippen molar-refractivity contribution >= 4 is 38.2 Å². The van der Waals surface area contributed by atoms with Crippen molar-refractivity contribution in [3.63, 3.8) is 0 Å². The van der Waals surface area contributed by atoms with E-state index in [-0.39, 0.29) is 37.0 Å². The zero-order valence-corrected chi connectivity index (χ0v) is 23.0. The van der Waals surface area contributed by atoms with Gasteiger partial charge in [0, 0.05) is 37.2 Å². The summed E-state index contributed by atoms with van der Waals surface area (Å²) < 4.78 is 39.4. The molecule has 1 unspecified atom stereocenters. The van der Waals surface area contributed by atoms with E-state index >= 15 is 0 Å². The van der Waals surface area contributed by atoms with Crippen LogP contribution in [0.1, 0.15) is 54.7 Å². The molecule has 0 saturated heterocycles. The number of sulfone groups is 1. The number of methoxy groups -OCH3 is 1. The second-order valence-electron chi connectivity index (χ2n) is 9.93. The Hall–Kier alpha value is -3.35. The quantitative estimate of drug-likeness (QED) is 0.286. The van der Waals surface area contributed by atoms with Gasteiger partial charge in [-0.25, -0.2) is 28.2 Å². The molecule has 3 atom stereocenters. The van der Waals surface area contributed by atoms with Crippen molar-refractivity contribution in [2.75, 3.05) is 37.6 Å². The van der Waals surface area contributed by atoms with Gasteiger partial charge in [0.15, 0.2) is 0 Å². The molecule has 0 bridgehead atoms. The highest BCUT2D eigenvalue weighted by molar-refractivity contribution is 7.90. The van der Waals surface area contributed by atoms with Crippen molar-refractivity contribution in [2.24, 2.45) is 5.73 Å². The number of rotatable bonds is 10. The average molecular weight is 544 g/mol. The molecule has 4 rings (SSSR count). The molecule has 0 spiro atoms. The second-order valence-corrected chi connectivity index (χ2v) is 12.2. The molecule has 0 aliphatic carbocycles. The fourth-order valence-corrected chi connectivity index (χ4v) is 5.01. The van der Waals surface area contributed by atoms with Crippen LogP contribution in [0.4, 0.5) is 11.6 Å². The molecule has 11 nitrogen and oxygen atoms in total. The third-order valence-corrected chi connectivity index (χ3v) is 7.55. The predicted molar refractivity (Wildman–Crippen MR) is 144 cm³/mol. The highest BCUT2D eigenvalue weighted by atomic mass is 32.2. The minimum atomic E-state index is -3.09. The molecule has 204 valence electrons. The van der Waals surface area contributed by atoms with Crippen LogP contribution in [0.15, 0.2) is 30.6 Å². The number of nitrogens with zero attached hydrogens (tertiary/aromatic N) is 3. The van der Waals surface area contributed by atoms with E-state index in [0.717, 1.165) is 10.9 Å². The van der Waals surface area contributed by atoms with E-state index < -0.39 is 15.4 Å². The van der Waals surface area contributed by atoms with Gasteiger partial charge >= 0.3 is 5.97 Å². The lowest BCUT2D eigenvalue weighted by Gasteiger charge is -2.27. The number of hydrogen-bond donors (Lipinski definition) is 2. The number of ether oxygens (including phenoxy) is 3. The van der Waals surface area contributed by atoms with Crippen LogP contribution >= 0.6 is 0 Å². The molecule has 3 aromatic heterocycles. The molecule has 1 aliphatic heterocycles. The number of anilines is 2. The van der Waals surface area contributed by atoms with Crippen molar-refractivity contribution in [1.82, 2.24) is 15.0 Å². The molecule has 4 heterocycles. The Morgan fingerprint density at radius 1 is 1.16 bits per heavy atom. The molecular weight excluding hydrogens is 510 g/mol. The molecule has 0 amide bonds. The van der Waals surface area contributed by atoms with Crippen LogP contribution in [0.3, 0.4) is 0 Å². The number of hydrogen-bond acceptors (Lipinski definition) is 11. The highest BCUT2D eigenvalue weighted by Crippen LogP contribution is 2.34. The zero-order valence-electron chi connectivity index (χ0n) is 22.1. The van der Waals surface area contributed by atoms with E-state index in [2.05, 4.69) is 20.3 Å². The van der Waals surface area contributed by atoms with E-state index in [0.29, 0.717) is 40.6 Å². The van der Waals surface area contributed by atoms with Crippen LogP contribution in [-0.2, 0) is 24.8 Å². The van der Waals surface area contributed by atoms with Crippen LogP contribution in [0.5, 0.6) is 5.88 Å². The van der Waals surface area contributed by atoms with E-state index in [1.165, 1.54) is 6.26 Å². The summed E-state index contributed by atoms with van der Waals surface area (Å²) in [5, 5.41) is 4.60. The summed E-state index contributed by atoms with van der Waals surface area (Å²) in [5.41, 5.74) is 7.58. The maximum Gasteiger partial charge on any atom is 0.340 e. The predicted octanol–water partition coefficient (Wildman–Crippen LogP) is 3.06. The average Bonchev–Trinajstić information content (AvgIpc) is 2.84. The fraction of sp³-hybridized carbons (Fsp3) is 0.462. The van der Waals surface area contributed by atoms with E-state index in [1.54, 1.807) is 31.6 Å². The van der Waals surface area contributed by atoms with Gasteiger partial charge in [-0.3, -0.25) is 0 Å². The summed E-state index contributed by atoms with van der Waals surface area (Å²) in [4.78, 5) is 25.9. The molecule has 1 aliphatic rings. The molecular formula is C26H33N5O6S. The minimum Gasteiger partial charge on any atom is -0.477 e. The van der Waals surface area contributed by atoms with Crippen LogP contribution in [0.2, 0.25) is 0 Å². The Bertz CT molecular complexity index is 1460. The Kier molecular flexibility index (Phi) is 7.86. The normalized spacial score (nSPS) is 18.9. The van der Waals surface area contributed by atoms with Crippen molar-refractivity contribution in [3.8, 4) is 5.88 Å². The first-order valence-corrected chi connectivity index (χ1v) is 14.3.